The molecule has 0 amide bonds. The van der Waals surface area contributed by atoms with E-state index in [0.717, 1.165) is 0 Å². The smallest absolute Gasteiger partial charge is 0.133 e. The molecule has 0 aromatic carbocycles. The van der Waals surface area contributed by atoms with Crippen molar-refractivity contribution in [3.63, 3.8) is 0 Å². The Morgan fingerprint density at radius 1 is 1.60 bits per heavy atom. The molecular formula is C8H14O2. The van der Waals surface area contributed by atoms with Crippen LogP contribution in [-0.2, 0) is 4.79 Å². The fourth-order valence-electron chi connectivity index (χ4n) is 1.40. The molecule has 0 radical (unpaired) electrons. The summed E-state index contributed by atoms with van der Waals surface area (Å²) in [5.74, 6) is 0.287. The quantitative estimate of drug-likeness (QED) is 0.550. The Bertz CT molecular complexity index is 149. The lowest BCUT2D eigenvalue weighted by Crippen LogP contribution is -2.36. The first kappa shape index (κ1) is 7.73. The zero-order valence-electron chi connectivity index (χ0n) is 6.55. The average Bonchev–Trinajstić information content (AvgIpc) is 1.78. The predicted molar refractivity (Wildman–Crippen MR) is 38.6 cm³/mol. The van der Waals surface area contributed by atoms with Crippen molar-refractivity contribution in [2.24, 2.45) is 5.41 Å². The number of hydrogen-bond acceptors (Lipinski definition) is 2. The Balaban J connectivity index is 2.63. The van der Waals surface area contributed by atoms with Crippen LogP contribution in [0.3, 0.4) is 0 Å². The molecule has 1 N–H and O–H groups in total. The van der Waals surface area contributed by atoms with Crippen molar-refractivity contribution < 1.29 is 9.90 Å². The van der Waals surface area contributed by atoms with Crippen LogP contribution in [0.1, 0.15) is 33.1 Å². The van der Waals surface area contributed by atoms with Crippen LogP contribution in [0.25, 0.3) is 0 Å². The standard InChI is InChI=1S/C8H14O2/c1-8(2)5-6(9)3-4-7(8)10/h7,10H,3-5H2,1-2H3/t7-/m1/s1. The SMILES string of the molecule is CC1(C)CC(=O)CC[C@H]1O. The fourth-order valence-corrected chi connectivity index (χ4v) is 1.40. The minimum atomic E-state index is -0.287. The van der Waals surface area contributed by atoms with Crippen molar-refractivity contribution in [1.82, 2.24) is 0 Å². The summed E-state index contributed by atoms with van der Waals surface area (Å²) < 4.78 is 0. The number of Topliss-reactive ketones (excluding diaryl/α,β-unsaturated/α-hetero) is 1. The monoisotopic (exact) mass is 142 g/mol. The van der Waals surface area contributed by atoms with E-state index in [1.165, 1.54) is 0 Å². The third-order valence-electron chi connectivity index (χ3n) is 2.25. The van der Waals surface area contributed by atoms with Crippen molar-refractivity contribution in [2.45, 2.75) is 39.2 Å². The molecule has 0 unspecified atom stereocenters. The molecule has 1 saturated carbocycles. The van der Waals surface area contributed by atoms with E-state index < -0.39 is 0 Å². The minimum Gasteiger partial charge on any atom is -0.393 e. The van der Waals surface area contributed by atoms with Gasteiger partial charge in [-0.2, -0.15) is 0 Å². The molecule has 1 aliphatic rings. The normalized spacial score (nSPS) is 32.3. The van der Waals surface area contributed by atoms with Crippen molar-refractivity contribution in [3.8, 4) is 0 Å². The number of carbonyl (C=O) groups is 1. The van der Waals surface area contributed by atoms with Gasteiger partial charge in [-0.25, -0.2) is 0 Å². The fraction of sp³-hybridized carbons (Fsp3) is 0.875. The van der Waals surface area contributed by atoms with Crippen LogP contribution < -0.4 is 0 Å². The van der Waals surface area contributed by atoms with E-state index in [4.69, 9.17) is 0 Å². The molecule has 2 heteroatoms. The lowest BCUT2D eigenvalue weighted by molar-refractivity contribution is -0.127. The molecule has 0 aliphatic heterocycles. The Hall–Kier alpha value is -0.370. The van der Waals surface area contributed by atoms with Crippen LogP contribution >= 0.6 is 0 Å². The lowest BCUT2D eigenvalue weighted by Gasteiger charge is -2.33. The van der Waals surface area contributed by atoms with Gasteiger partial charge in [0.2, 0.25) is 0 Å². The van der Waals surface area contributed by atoms with Gasteiger partial charge in [0, 0.05) is 12.8 Å². The van der Waals surface area contributed by atoms with Gasteiger partial charge in [-0.15, -0.1) is 0 Å². The summed E-state index contributed by atoms with van der Waals surface area (Å²) in [6, 6.07) is 0. The van der Waals surface area contributed by atoms with Gasteiger partial charge in [0.05, 0.1) is 6.10 Å². The highest BCUT2D eigenvalue weighted by Gasteiger charge is 2.34. The third-order valence-corrected chi connectivity index (χ3v) is 2.25. The van der Waals surface area contributed by atoms with E-state index in [1.807, 2.05) is 13.8 Å². The first-order valence-corrected chi connectivity index (χ1v) is 3.72. The number of aliphatic hydroxyl groups excluding tert-OH is 1. The summed E-state index contributed by atoms with van der Waals surface area (Å²) in [7, 11) is 0. The number of carbonyl (C=O) groups excluding carboxylic acids is 1. The predicted octanol–water partition coefficient (Wildman–Crippen LogP) is 1.13. The zero-order valence-corrected chi connectivity index (χ0v) is 6.55. The molecule has 1 rings (SSSR count). The van der Waals surface area contributed by atoms with Gasteiger partial charge in [-0.3, -0.25) is 4.79 Å². The first-order valence-electron chi connectivity index (χ1n) is 3.72. The summed E-state index contributed by atoms with van der Waals surface area (Å²) in [5, 5.41) is 9.40. The highest BCUT2D eigenvalue weighted by Crippen LogP contribution is 2.33. The molecule has 1 aliphatic carbocycles. The van der Waals surface area contributed by atoms with E-state index in [2.05, 4.69) is 0 Å². The lowest BCUT2D eigenvalue weighted by atomic mass is 9.74. The maximum atomic E-state index is 10.9. The molecule has 58 valence electrons. The Kier molecular flexibility index (Phi) is 1.82. The molecule has 0 aromatic heterocycles. The van der Waals surface area contributed by atoms with Crippen molar-refractivity contribution in [1.29, 1.82) is 0 Å². The Labute approximate surface area is 61.2 Å². The van der Waals surface area contributed by atoms with Crippen molar-refractivity contribution >= 4 is 5.78 Å². The first-order chi connectivity index (χ1) is 4.52. The number of aliphatic hydroxyl groups is 1. The van der Waals surface area contributed by atoms with Gasteiger partial charge in [-0.1, -0.05) is 13.8 Å². The van der Waals surface area contributed by atoms with E-state index >= 15 is 0 Å². The van der Waals surface area contributed by atoms with Crippen LogP contribution in [0.15, 0.2) is 0 Å². The van der Waals surface area contributed by atoms with Gasteiger partial charge in [-0.05, 0) is 11.8 Å². The van der Waals surface area contributed by atoms with Gasteiger partial charge in [0.1, 0.15) is 5.78 Å². The summed E-state index contributed by atoms with van der Waals surface area (Å²) >= 11 is 0. The summed E-state index contributed by atoms with van der Waals surface area (Å²) in [6.07, 6.45) is 1.45. The second-order valence-corrected chi connectivity index (χ2v) is 3.76. The van der Waals surface area contributed by atoms with Gasteiger partial charge in [0.25, 0.3) is 0 Å². The van der Waals surface area contributed by atoms with E-state index in [0.29, 0.717) is 19.3 Å². The highest BCUT2D eigenvalue weighted by atomic mass is 16.3. The molecule has 10 heavy (non-hydrogen) atoms. The maximum absolute atomic E-state index is 10.9. The third kappa shape index (κ3) is 1.37. The minimum absolute atomic E-state index is 0.185. The van der Waals surface area contributed by atoms with E-state index in [-0.39, 0.29) is 17.3 Å². The number of rotatable bonds is 0. The van der Waals surface area contributed by atoms with Gasteiger partial charge < -0.3 is 5.11 Å². The largest absolute Gasteiger partial charge is 0.393 e. The van der Waals surface area contributed by atoms with E-state index in [9.17, 15) is 9.90 Å². The number of ketones is 1. The van der Waals surface area contributed by atoms with Gasteiger partial charge >= 0.3 is 0 Å². The summed E-state index contributed by atoms with van der Waals surface area (Å²) in [4.78, 5) is 10.9. The highest BCUT2D eigenvalue weighted by molar-refractivity contribution is 5.80. The molecule has 2 nitrogen and oxygen atoms in total. The molecular weight excluding hydrogens is 128 g/mol. The Morgan fingerprint density at radius 2 is 2.20 bits per heavy atom. The molecule has 0 heterocycles. The van der Waals surface area contributed by atoms with Crippen LogP contribution in [0.4, 0.5) is 0 Å². The zero-order chi connectivity index (χ0) is 7.78. The van der Waals surface area contributed by atoms with Crippen molar-refractivity contribution in [2.75, 3.05) is 0 Å². The topological polar surface area (TPSA) is 37.3 Å². The second kappa shape index (κ2) is 2.35. The molecule has 1 atom stereocenters. The van der Waals surface area contributed by atoms with Crippen molar-refractivity contribution in [3.05, 3.63) is 0 Å². The van der Waals surface area contributed by atoms with Crippen LogP contribution in [0.2, 0.25) is 0 Å². The van der Waals surface area contributed by atoms with Crippen LogP contribution in [0, 0.1) is 5.41 Å². The molecule has 1 fully saturated rings. The number of hydrogen-bond donors (Lipinski definition) is 1. The molecule has 0 bridgehead atoms. The second-order valence-electron chi connectivity index (χ2n) is 3.76. The maximum Gasteiger partial charge on any atom is 0.133 e. The Morgan fingerprint density at radius 3 is 2.60 bits per heavy atom. The summed E-state index contributed by atoms with van der Waals surface area (Å²) in [5.41, 5.74) is -0.185. The average molecular weight is 142 g/mol. The molecule has 0 spiro atoms. The molecule has 0 aromatic rings. The van der Waals surface area contributed by atoms with Crippen LogP contribution in [-0.4, -0.2) is 17.0 Å². The summed E-state index contributed by atoms with van der Waals surface area (Å²) in [6.45, 7) is 3.88. The van der Waals surface area contributed by atoms with Gasteiger partial charge in [0.15, 0.2) is 0 Å². The molecule has 0 saturated heterocycles. The van der Waals surface area contributed by atoms with Crippen LogP contribution in [0.5, 0.6) is 0 Å². The van der Waals surface area contributed by atoms with E-state index in [1.54, 1.807) is 0 Å².